The van der Waals surface area contributed by atoms with E-state index in [2.05, 4.69) is 37.0 Å². The topological polar surface area (TPSA) is 103 Å². The van der Waals surface area contributed by atoms with E-state index in [1.54, 1.807) is 4.57 Å². The van der Waals surface area contributed by atoms with Crippen molar-refractivity contribution in [2.75, 3.05) is 6.61 Å². The molecule has 1 aliphatic heterocycles. The molecular weight excluding hydrogens is 567 g/mol. The number of hydrogen-bond acceptors (Lipinski definition) is 6. The zero-order valence-corrected chi connectivity index (χ0v) is 28.3. The summed E-state index contributed by atoms with van der Waals surface area (Å²) in [5.41, 5.74) is 7.25. The van der Waals surface area contributed by atoms with Crippen molar-refractivity contribution in [3.63, 3.8) is 0 Å². The van der Waals surface area contributed by atoms with Crippen LogP contribution in [0.5, 0.6) is 5.75 Å². The molecule has 0 atom stereocenters. The Bertz CT molecular complexity index is 1860. The fourth-order valence-electron chi connectivity index (χ4n) is 5.59. The Balaban J connectivity index is 0.00000221. The number of aromatic nitrogens is 4. The molecule has 2 aromatic heterocycles. The summed E-state index contributed by atoms with van der Waals surface area (Å²) >= 11 is 0. The Morgan fingerprint density at radius 1 is 1.02 bits per heavy atom. The molecule has 0 amide bonds. The number of H-pyrrole nitrogens is 1. The zero-order chi connectivity index (χ0) is 29.2. The third kappa shape index (κ3) is 6.56. The van der Waals surface area contributed by atoms with Crippen LogP contribution in [0.4, 0.5) is 0 Å². The van der Waals surface area contributed by atoms with Gasteiger partial charge in [-0.25, -0.2) is 9.78 Å². The number of hydrogen-bond donors (Lipinski definition) is 1. The second-order valence-corrected chi connectivity index (χ2v) is 11.0. The average Bonchev–Trinajstić information content (AvgIpc) is 3.66. The van der Waals surface area contributed by atoms with Gasteiger partial charge in [0.15, 0.2) is 5.82 Å². The van der Waals surface area contributed by atoms with Crippen LogP contribution in [0.2, 0.25) is 0 Å². The molecule has 1 aliphatic rings. The molecule has 0 fully saturated rings. The Morgan fingerprint density at radius 3 is 2.49 bits per heavy atom. The van der Waals surface area contributed by atoms with Crippen LogP contribution < -0.4 is 67.4 Å². The van der Waals surface area contributed by atoms with Crippen LogP contribution in [0, 0.1) is 0 Å². The van der Waals surface area contributed by atoms with Crippen LogP contribution >= 0.6 is 0 Å². The van der Waals surface area contributed by atoms with Crippen molar-refractivity contribution in [3.8, 4) is 34.0 Å². The third-order valence-electron chi connectivity index (χ3n) is 7.77. The van der Waals surface area contributed by atoms with Crippen molar-refractivity contribution >= 4 is 0 Å². The van der Waals surface area contributed by atoms with Gasteiger partial charge in [0.25, 0.3) is 5.56 Å². The zero-order valence-electron chi connectivity index (χ0n) is 26.1. The normalized spacial score (nSPS) is 12.2. The van der Waals surface area contributed by atoms with E-state index in [1.165, 1.54) is 0 Å². The Labute approximate surface area is 294 Å². The van der Waals surface area contributed by atoms with Crippen LogP contribution in [-0.4, -0.2) is 26.3 Å². The maximum atomic E-state index is 14.3. The summed E-state index contributed by atoms with van der Waals surface area (Å²) in [4.78, 5) is 33.6. The van der Waals surface area contributed by atoms with Crippen molar-refractivity contribution in [1.29, 1.82) is 0 Å². The maximum absolute atomic E-state index is 14.3. The predicted octanol–water partition coefficient (Wildman–Crippen LogP) is 3.35. The Kier molecular flexibility index (Phi) is 9.98. The number of ether oxygens (including phenoxy) is 1. The summed E-state index contributed by atoms with van der Waals surface area (Å²) in [6, 6.07) is 21.9. The predicted molar refractivity (Wildman–Crippen MR) is 164 cm³/mol. The molecule has 0 bridgehead atoms. The van der Waals surface area contributed by atoms with E-state index in [0.29, 0.717) is 18.9 Å². The standard InChI is InChI=1S/C34H34N4O4.K.H/c1-4-5-10-29-28(33(39)38(32(35-29)21(2)3)25-15-16-30-24(20-25)17-18-41-30)19-22-11-13-23(14-12-22)26-8-6-7-9-27(26)31-36-34(40)42-37-31;;/h6-9,11-16,20-21H,4-5,10,17-19H2,1-3H3,(H,36,37,40);;/q;+1;-1. The number of rotatable bonds is 9. The van der Waals surface area contributed by atoms with Crippen LogP contribution in [0.1, 0.15) is 69.2 Å². The second kappa shape index (κ2) is 13.7. The van der Waals surface area contributed by atoms with E-state index in [9.17, 15) is 9.59 Å². The summed E-state index contributed by atoms with van der Waals surface area (Å²) in [5, 5.41) is 3.87. The number of benzene rings is 3. The smallest absolute Gasteiger partial charge is 1.00 e. The molecule has 0 radical (unpaired) electrons. The minimum atomic E-state index is -0.593. The molecule has 0 saturated carbocycles. The van der Waals surface area contributed by atoms with Gasteiger partial charge >= 0.3 is 57.1 Å². The number of nitrogens with zero attached hydrogens (tertiary/aromatic N) is 3. The van der Waals surface area contributed by atoms with Crippen molar-refractivity contribution in [1.82, 2.24) is 19.7 Å². The summed E-state index contributed by atoms with van der Waals surface area (Å²) < 4.78 is 12.2. The van der Waals surface area contributed by atoms with Gasteiger partial charge in [0, 0.05) is 29.9 Å². The van der Waals surface area contributed by atoms with E-state index in [1.807, 2.05) is 60.7 Å². The number of nitrogens with one attached hydrogen (secondary N) is 1. The van der Waals surface area contributed by atoms with Crippen molar-refractivity contribution < 1.29 is 62.1 Å². The van der Waals surface area contributed by atoms with Gasteiger partial charge in [-0.2, -0.15) is 0 Å². The molecule has 8 nitrogen and oxygen atoms in total. The SMILES string of the molecule is CCCCc1nc(C(C)C)n(-c2ccc3c(c2)CCO3)c(=O)c1Cc1ccc(-c2ccccc2-c2noc(=O)[nH]2)cc1.[H-].[K+]. The number of fused-ring (bicyclic) bond motifs is 1. The minimum Gasteiger partial charge on any atom is -1.00 e. The van der Waals surface area contributed by atoms with E-state index < -0.39 is 5.76 Å². The number of aryl methyl sites for hydroxylation is 1. The largest absolute Gasteiger partial charge is 1.00 e. The van der Waals surface area contributed by atoms with Crippen molar-refractivity contribution in [3.05, 3.63) is 116 Å². The molecule has 3 aromatic carbocycles. The maximum Gasteiger partial charge on any atom is 1.00 e. The van der Waals surface area contributed by atoms with Gasteiger partial charge in [0.1, 0.15) is 11.6 Å². The van der Waals surface area contributed by atoms with Crippen LogP contribution in [0.25, 0.3) is 28.2 Å². The van der Waals surface area contributed by atoms with Gasteiger partial charge in [-0.3, -0.25) is 18.9 Å². The Hall–Kier alpha value is -3.08. The first-order valence-corrected chi connectivity index (χ1v) is 14.6. The van der Waals surface area contributed by atoms with E-state index in [4.69, 9.17) is 14.2 Å². The van der Waals surface area contributed by atoms with Gasteiger partial charge in [-0.05, 0) is 53.3 Å². The average molecular weight is 603 g/mol. The van der Waals surface area contributed by atoms with Gasteiger partial charge in [0.05, 0.1) is 18.0 Å². The van der Waals surface area contributed by atoms with Crippen LogP contribution in [0.15, 0.2) is 80.8 Å². The van der Waals surface area contributed by atoms with Gasteiger partial charge in [-0.15, -0.1) is 0 Å². The van der Waals surface area contributed by atoms with E-state index in [0.717, 1.165) is 82.0 Å². The van der Waals surface area contributed by atoms with Gasteiger partial charge in [-0.1, -0.05) is 80.9 Å². The first-order chi connectivity index (χ1) is 20.4. The molecular formula is C34H35KN4O4. The fraction of sp³-hybridized carbons (Fsp3) is 0.294. The van der Waals surface area contributed by atoms with Crippen molar-refractivity contribution in [2.24, 2.45) is 0 Å². The van der Waals surface area contributed by atoms with Gasteiger partial charge in [0.2, 0.25) is 0 Å². The minimum absolute atomic E-state index is 0. The second-order valence-electron chi connectivity index (χ2n) is 11.0. The third-order valence-corrected chi connectivity index (χ3v) is 7.77. The molecule has 0 spiro atoms. The molecule has 0 aliphatic carbocycles. The fourth-order valence-corrected chi connectivity index (χ4v) is 5.59. The molecule has 6 rings (SSSR count). The Morgan fingerprint density at radius 2 is 1.79 bits per heavy atom. The molecule has 5 aromatic rings. The summed E-state index contributed by atoms with van der Waals surface area (Å²) in [6.45, 7) is 7.00. The monoisotopic (exact) mass is 602 g/mol. The van der Waals surface area contributed by atoms with Gasteiger partial charge < -0.3 is 6.16 Å². The molecule has 43 heavy (non-hydrogen) atoms. The molecule has 0 unspecified atom stereocenters. The number of aromatic amines is 1. The molecule has 1 N–H and O–H groups in total. The van der Waals surface area contributed by atoms with E-state index in [-0.39, 0.29) is 64.3 Å². The summed E-state index contributed by atoms with van der Waals surface area (Å²) in [7, 11) is 0. The van der Waals surface area contributed by atoms with Crippen molar-refractivity contribution in [2.45, 2.75) is 58.8 Å². The van der Waals surface area contributed by atoms with Crippen LogP contribution in [0.3, 0.4) is 0 Å². The molecule has 9 heteroatoms. The van der Waals surface area contributed by atoms with E-state index >= 15 is 0 Å². The summed E-state index contributed by atoms with van der Waals surface area (Å²) in [5.74, 6) is 1.55. The first-order valence-electron chi connectivity index (χ1n) is 14.6. The van der Waals surface area contributed by atoms with Crippen LogP contribution in [-0.2, 0) is 19.3 Å². The molecule has 0 saturated heterocycles. The number of unbranched alkanes of at least 4 members (excludes halogenated alkanes) is 1. The quantitative estimate of drug-likeness (QED) is 0.260. The first kappa shape index (κ1) is 31.3. The summed E-state index contributed by atoms with van der Waals surface area (Å²) in [6.07, 6.45) is 4.08. The molecule has 216 valence electrons. The molecule has 3 heterocycles.